The summed E-state index contributed by atoms with van der Waals surface area (Å²) in [7, 11) is 0. The first-order valence-electron chi connectivity index (χ1n) is 8.04. The largest absolute Gasteiger partial charge is 0.344 e. The van der Waals surface area contributed by atoms with E-state index in [0.29, 0.717) is 11.6 Å². The van der Waals surface area contributed by atoms with Crippen molar-refractivity contribution < 1.29 is 9.59 Å². The highest BCUT2D eigenvalue weighted by atomic mass is 32.1. The summed E-state index contributed by atoms with van der Waals surface area (Å²) in [5.74, 6) is -0.374. The van der Waals surface area contributed by atoms with Crippen molar-refractivity contribution >= 4 is 28.3 Å². The summed E-state index contributed by atoms with van der Waals surface area (Å²) < 4.78 is 0. The minimum atomic E-state index is -0.577. The Kier molecular flexibility index (Phi) is 6.43. The average Bonchev–Trinajstić information content (AvgIpc) is 3.07. The molecule has 1 heterocycles. The SMILES string of the molecule is CCC(=O)NC(C(=O)Nc1nnc(-c2ccccc2)s1)C(C)CC. The summed E-state index contributed by atoms with van der Waals surface area (Å²) in [5, 5.41) is 14.8. The second kappa shape index (κ2) is 8.54. The predicted molar refractivity (Wildman–Crippen MR) is 95.7 cm³/mol. The van der Waals surface area contributed by atoms with Crippen LogP contribution in [-0.4, -0.2) is 28.1 Å². The van der Waals surface area contributed by atoms with Crippen molar-refractivity contribution in [3.63, 3.8) is 0 Å². The van der Waals surface area contributed by atoms with Crippen LogP contribution in [0.3, 0.4) is 0 Å². The Labute approximate surface area is 145 Å². The van der Waals surface area contributed by atoms with Gasteiger partial charge in [0, 0.05) is 12.0 Å². The van der Waals surface area contributed by atoms with E-state index in [4.69, 9.17) is 0 Å². The Morgan fingerprint density at radius 1 is 1.17 bits per heavy atom. The van der Waals surface area contributed by atoms with Gasteiger partial charge in [0.25, 0.3) is 0 Å². The van der Waals surface area contributed by atoms with E-state index in [1.54, 1.807) is 6.92 Å². The lowest BCUT2D eigenvalue weighted by molar-refractivity contribution is -0.127. The number of nitrogens with zero attached hydrogens (tertiary/aromatic N) is 2. The second-order valence-corrected chi connectivity index (χ2v) is 6.53. The van der Waals surface area contributed by atoms with Gasteiger partial charge < -0.3 is 5.32 Å². The van der Waals surface area contributed by atoms with Crippen LogP contribution < -0.4 is 10.6 Å². The number of benzene rings is 1. The summed E-state index contributed by atoms with van der Waals surface area (Å²) >= 11 is 1.31. The zero-order valence-corrected chi connectivity index (χ0v) is 14.9. The monoisotopic (exact) mass is 346 g/mol. The predicted octanol–water partition coefficient (Wildman–Crippen LogP) is 3.08. The Bertz CT molecular complexity index is 687. The Balaban J connectivity index is 2.09. The van der Waals surface area contributed by atoms with Gasteiger partial charge in [-0.15, -0.1) is 10.2 Å². The molecular weight excluding hydrogens is 324 g/mol. The molecule has 0 radical (unpaired) electrons. The van der Waals surface area contributed by atoms with Gasteiger partial charge in [-0.25, -0.2) is 0 Å². The zero-order valence-electron chi connectivity index (χ0n) is 14.1. The van der Waals surface area contributed by atoms with E-state index >= 15 is 0 Å². The molecule has 1 aromatic heterocycles. The number of carbonyl (C=O) groups excluding carboxylic acids is 2. The molecule has 0 aliphatic carbocycles. The Morgan fingerprint density at radius 3 is 2.50 bits per heavy atom. The molecule has 128 valence electrons. The number of nitrogens with one attached hydrogen (secondary N) is 2. The Morgan fingerprint density at radius 2 is 1.88 bits per heavy atom. The van der Waals surface area contributed by atoms with Gasteiger partial charge in [-0.3, -0.25) is 14.9 Å². The van der Waals surface area contributed by atoms with Crippen LogP contribution in [0.1, 0.15) is 33.6 Å². The highest BCUT2D eigenvalue weighted by molar-refractivity contribution is 7.18. The first-order chi connectivity index (χ1) is 11.5. The molecule has 0 aliphatic rings. The molecule has 0 saturated heterocycles. The number of carbonyl (C=O) groups is 2. The van der Waals surface area contributed by atoms with Gasteiger partial charge in [0.2, 0.25) is 16.9 Å². The molecule has 0 saturated carbocycles. The van der Waals surface area contributed by atoms with Crippen molar-refractivity contribution in [3.05, 3.63) is 30.3 Å². The van der Waals surface area contributed by atoms with E-state index in [0.717, 1.165) is 17.0 Å². The quantitative estimate of drug-likeness (QED) is 0.807. The van der Waals surface area contributed by atoms with E-state index in [1.165, 1.54) is 11.3 Å². The fourth-order valence-corrected chi connectivity index (χ4v) is 2.88. The molecule has 7 heteroatoms. The van der Waals surface area contributed by atoms with Crippen LogP contribution >= 0.6 is 11.3 Å². The van der Waals surface area contributed by atoms with Crippen molar-refractivity contribution in [2.45, 2.75) is 39.7 Å². The van der Waals surface area contributed by atoms with Crippen molar-refractivity contribution in [2.24, 2.45) is 5.92 Å². The zero-order chi connectivity index (χ0) is 17.5. The van der Waals surface area contributed by atoms with Crippen molar-refractivity contribution in [2.75, 3.05) is 5.32 Å². The smallest absolute Gasteiger partial charge is 0.249 e. The van der Waals surface area contributed by atoms with E-state index in [1.807, 2.05) is 44.2 Å². The van der Waals surface area contributed by atoms with Gasteiger partial charge in [0.15, 0.2) is 0 Å². The maximum absolute atomic E-state index is 12.5. The fraction of sp³-hybridized carbons (Fsp3) is 0.412. The van der Waals surface area contributed by atoms with Gasteiger partial charge in [-0.1, -0.05) is 68.9 Å². The molecule has 0 aliphatic heterocycles. The molecule has 1 aromatic carbocycles. The highest BCUT2D eigenvalue weighted by Gasteiger charge is 2.26. The van der Waals surface area contributed by atoms with E-state index in [9.17, 15) is 9.59 Å². The first-order valence-corrected chi connectivity index (χ1v) is 8.85. The maximum Gasteiger partial charge on any atom is 0.249 e. The van der Waals surface area contributed by atoms with Gasteiger partial charge in [0.05, 0.1) is 0 Å². The number of aromatic nitrogens is 2. The van der Waals surface area contributed by atoms with Crippen molar-refractivity contribution in [1.29, 1.82) is 0 Å². The Hall–Kier alpha value is -2.28. The fourth-order valence-electron chi connectivity index (χ4n) is 2.13. The lowest BCUT2D eigenvalue weighted by Crippen LogP contribution is -2.47. The number of amides is 2. The van der Waals surface area contributed by atoms with E-state index < -0.39 is 6.04 Å². The number of hydrogen-bond acceptors (Lipinski definition) is 5. The van der Waals surface area contributed by atoms with E-state index in [2.05, 4.69) is 20.8 Å². The van der Waals surface area contributed by atoms with Gasteiger partial charge in [-0.2, -0.15) is 0 Å². The number of hydrogen-bond donors (Lipinski definition) is 2. The topological polar surface area (TPSA) is 84.0 Å². The highest BCUT2D eigenvalue weighted by Crippen LogP contribution is 2.26. The molecular formula is C17H22N4O2S. The molecule has 2 amide bonds. The van der Waals surface area contributed by atoms with Crippen LogP contribution in [0.2, 0.25) is 0 Å². The maximum atomic E-state index is 12.5. The van der Waals surface area contributed by atoms with Gasteiger partial charge >= 0.3 is 0 Å². The van der Waals surface area contributed by atoms with Crippen LogP contribution in [0.4, 0.5) is 5.13 Å². The van der Waals surface area contributed by atoms with Crippen LogP contribution in [0, 0.1) is 5.92 Å². The summed E-state index contributed by atoms with van der Waals surface area (Å²) in [6.07, 6.45) is 1.13. The third kappa shape index (κ3) is 4.61. The lowest BCUT2D eigenvalue weighted by Gasteiger charge is -2.22. The van der Waals surface area contributed by atoms with E-state index in [-0.39, 0.29) is 17.7 Å². The van der Waals surface area contributed by atoms with Crippen LogP contribution in [0.5, 0.6) is 0 Å². The minimum absolute atomic E-state index is 0.0296. The summed E-state index contributed by atoms with van der Waals surface area (Å²) in [5.41, 5.74) is 0.952. The third-order valence-corrected chi connectivity index (χ3v) is 4.70. The normalized spacial score (nSPS) is 13.1. The van der Waals surface area contributed by atoms with Crippen LogP contribution in [0.15, 0.2) is 30.3 Å². The van der Waals surface area contributed by atoms with Crippen molar-refractivity contribution in [1.82, 2.24) is 15.5 Å². The van der Waals surface area contributed by atoms with Gasteiger partial charge in [0.1, 0.15) is 11.0 Å². The molecule has 6 nitrogen and oxygen atoms in total. The van der Waals surface area contributed by atoms with Gasteiger partial charge in [-0.05, 0) is 5.92 Å². The first kappa shape index (κ1) is 18.1. The van der Waals surface area contributed by atoms with Crippen molar-refractivity contribution in [3.8, 4) is 10.6 Å². The van der Waals surface area contributed by atoms with Crippen LogP contribution in [0.25, 0.3) is 10.6 Å². The lowest BCUT2D eigenvalue weighted by atomic mass is 9.98. The summed E-state index contributed by atoms with van der Waals surface area (Å²) in [6.45, 7) is 5.69. The molecule has 2 aromatic rings. The standard InChI is InChI=1S/C17H22N4O2S/c1-4-11(3)14(18-13(22)5-2)15(23)19-17-21-20-16(24-17)12-9-7-6-8-10-12/h6-11,14H,4-5H2,1-3H3,(H,18,22)(H,19,21,23). The van der Waals surface area contributed by atoms with Crippen LogP contribution in [-0.2, 0) is 9.59 Å². The molecule has 2 unspecified atom stereocenters. The molecule has 2 atom stereocenters. The minimum Gasteiger partial charge on any atom is -0.344 e. The molecule has 2 rings (SSSR count). The summed E-state index contributed by atoms with van der Waals surface area (Å²) in [4.78, 5) is 24.2. The summed E-state index contributed by atoms with van der Waals surface area (Å²) in [6, 6.07) is 9.08. The molecule has 0 bridgehead atoms. The molecule has 0 fully saturated rings. The number of rotatable bonds is 7. The molecule has 0 spiro atoms. The molecule has 2 N–H and O–H groups in total. The second-order valence-electron chi connectivity index (χ2n) is 5.55. The molecule has 24 heavy (non-hydrogen) atoms. The average molecular weight is 346 g/mol. The third-order valence-electron chi connectivity index (χ3n) is 3.81. The number of anilines is 1.